The number of halogens is 2. The number of hydrazone groups is 1. The Morgan fingerprint density at radius 3 is 2.62 bits per heavy atom. The van der Waals surface area contributed by atoms with Gasteiger partial charge in [0.15, 0.2) is 0 Å². The molecule has 0 aliphatic carbocycles. The van der Waals surface area contributed by atoms with E-state index in [1.54, 1.807) is 53.8 Å². The lowest BCUT2D eigenvalue weighted by atomic mass is 10.1. The minimum absolute atomic E-state index is 0.0143. The first-order valence-corrected chi connectivity index (χ1v) is 11.4. The third-order valence-electron chi connectivity index (χ3n) is 4.89. The second-order valence-corrected chi connectivity index (χ2v) is 9.11. The van der Waals surface area contributed by atoms with Gasteiger partial charge in [-0.2, -0.15) is 5.10 Å². The zero-order chi connectivity index (χ0) is 22.7. The van der Waals surface area contributed by atoms with Gasteiger partial charge >= 0.3 is 0 Å². The van der Waals surface area contributed by atoms with Crippen molar-refractivity contribution in [1.29, 1.82) is 0 Å². The van der Waals surface area contributed by atoms with E-state index < -0.39 is 0 Å². The number of furan rings is 1. The number of nitrogens with zero attached hydrogens (tertiary/aromatic N) is 3. The van der Waals surface area contributed by atoms with Crippen LogP contribution in [0, 0.1) is 0 Å². The van der Waals surface area contributed by atoms with E-state index in [4.69, 9.17) is 27.6 Å². The number of thiophene rings is 1. The molecule has 1 aliphatic rings. The van der Waals surface area contributed by atoms with Crippen LogP contribution in [0.4, 0.5) is 5.69 Å². The molecule has 4 rings (SSSR count). The molecular formula is C22H20Cl2N4O3S. The highest BCUT2D eigenvalue weighted by Crippen LogP contribution is 2.35. The first kappa shape index (κ1) is 22.5. The van der Waals surface area contributed by atoms with Gasteiger partial charge < -0.3 is 9.73 Å². The molecule has 3 aromatic rings. The fraction of sp³-hybridized carbons (Fsp3) is 0.227. The molecule has 2 aromatic heterocycles. The van der Waals surface area contributed by atoms with Crippen molar-refractivity contribution in [2.24, 2.45) is 5.10 Å². The third kappa shape index (κ3) is 5.05. The summed E-state index contributed by atoms with van der Waals surface area (Å²) in [6.07, 6.45) is 2.15. The predicted octanol–water partition coefficient (Wildman–Crippen LogP) is 4.90. The Labute approximate surface area is 199 Å². The molecule has 7 nitrogen and oxygen atoms in total. The maximum atomic E-state index is 13.1. The second kappa shape index (κ2) is 9.87. The van der Waals surface area contributed by atoms with Crippen LogP contribution in [0.2, 0.25) is 10.0 Å². The van der Waals surface area contributed by atoms with E-state index in [2.05, 4.69) is 10.4 Å². The number of likely N-dealkylation sites (N-methyl/N-ethyl adjacent to an activating group) is 1. The summed E-state index contributed by atoms with van der Waals surface area (Å²) in [6.45, 7) is 0.0000397. The van der Waals surface area contributed by atoms with E-state index in [0.717, 1.165) is 10.6 Å². The van der Waals surface area contributed by atoms with Crippen molar-refractivity contribution >= 4 is 57.8 Å². The third-order valence-corrected chi connectivity index (χ3v) is 6.49. The van der Waals surface area contributed by atoms with Gasteiger partial charge in [-0.3, -0.25) is 14.5 Å². The average Bonchev–Trinajstić information content (AvgIpc) is 3.51. The number of hydrogen-bond donors (Lipinski definition) is 1. The SMILES string of the molecule is CN(CC(=O)Nc1c(Cl)cccc1Cl)CC(=O)N1N=C(c2ccco2)CC1c1cccs1. The fourth-order valence-corrected chi connectivity index (χ4v) is 4.74. The van der Waals surface area contributed by atoms with Crippen molar-refractivity contribution in [1.82, 2.24) is 9.91 Å². The van der Waals surface area contributed by atoms with Gasteiger partial charge in [-0.15, -0.1) is 11.3 Å². The molecule has 0 saturated heterocycles. The van der Waals surface area contributed by atoms with Crippen LogP contribution in [0.15, 0.2) is 63.6 Å². The summed E-state index contributed by atoms with van der Waals surface area (Å²) in [6, 6.07) is 12.3. The van der Waals surface area contributed by atoms with Crippen LogP contribution < -0.4 is 5.32 Å². The molecule has 0 radical (unpaired) electrons. The first-order valence-electron chi connectivity index (χ1n) is 9.81. The fourth-order valence-electron chi connectivity index (χ4n) is 3.43. The summed E-state index contributed by atoms with van der Waals surface area (Å²) >= 11 is 13.8. The van der Waals surface area contributed by atoms with Crippen molar-refractivity contribution in [3.8, 4) is 0 Å². The quantitative estimate of drug-likeness (QED) is 0.510. The number of anilines is 1. The highest BCUT2D eigenvalue weighted by molar-refractivity contribution is 7.10. The van der Waals surface area contributed by atoms with Gasteiger partial charge in [0.2, 0.25) is 5.91 Å². The molecule has 32 heavy (non-hydrogen) atoms. The summed E-state index contributed by atoms with van der Waals surface area (Å²) in [7, 11) is 1.69. The Morgan fingerprint density at radius 1 is 1.19 bits per heavy atom. The standard InChI is InChI=1S/C22H20Cl2N4O3S/c1-27(12-20(29)25-22-14(23)5-2-6-15(22)24)13-21(30)28-17(19-8-4-10-32-19)11-16(26-28)18-7-3-9-31-18/h2-10,17H,11-13H2,1H3,(H,25,29). The van der Waals surface area contributed by atoms with Crippen LogP contribution in [-0.4, -0.2) is 47.6 Å². The normalized spacial score (nSPS) is 15.8. The maximum Gasteiger partial charge on any atom is 0.257 e. The maximum absolute atomic E-state index is 13.1. The van der Waals surface area contributed by atoms with Gasteiger partial charge in [0, 0.05) is 11.3 Å². The number of nitrogens with one attached hydrogen (secondary N) is 1. The number of hydrogen-bond acceptors (Lipinski definition) is 6. The van der Waals surface area contributed by atoms with Crippen molar-refractivity contribution < 1.29 is 14.0 Å². The van der Waals surface area contributed by atoms with Gasteiger partial charge in [-0.05, 0) is 42.8 Å². The lowest BCUT2D eigenvalue weighted by molar-refractivity contribution is -0.134. The van der Waals surface area contributed by atoms with Crippen LogP contribution in [0.5, 0.6) is 0 Å². The summed E-state index contributed by atoms with van der Waals surface area (Å²) in [5.41, 5.74) is 1.07. The van der Waals surface area contributed by atoms with E-state index in [0.29, 0.717) is 27.9 Å². The number of rotatable bonds is 7. The van der Waals surface area contributed by atoms with E-state index >= 15 is 0 Å². The van der Waals surface area contributed by atoms with Gasteiger partial charge in [-0.25, -0.2) is 5.01 Å². The van der Waals surface area contributed by atoms with Crippen molar-refractivity contribution in [3.63, 3.8) is 0 Å². The van der Waals surface area contributed by atoms with E-state index in [1.165, 1.54) is 5.01 Å². The number of para-hydroxylation sites is 1. The topological polar surface area (TPSA) is 78.2 Å². The molecule has 0 fully saturated rings. The molecule has 0 spiro atoms. The van der Waals surface area contributed by atoms with E-state index in [1.807, 2.05) is 23.6 Å². The van der Waals surface area contributed by atoms with Gasteiger partial charge in [0.25, 0.3) is 5.91 Å². The molecule has 3 heterocycles. The number of carbonyl (C=O) groups excluding carboxylic acids is 2. The van der Waals surface area contributed by atoms with Crippen LogP contribution >= 0.6 is 34.5 Å². The molecule has 0 saturated carbocycles. The van der Waals surface area contributed by atoms with Crippen LogP contribution in [0.1, 0.15) is 23.1 Å². The molecule has 1 aliphatic heterocycles. The average molecular weight is 491 g/mol. The van der Waals surface area contributed by atoms with Crippen molar-refractivity contribution in [3.05, 3.63) is 74.8 Å². The molecule has 1 aromatic carbocycles. The van der Waals surface area contributed by atoms with E-state index in [9.17, 15) is 9.59 Å². The Hall–Kier alpha value is -2.65. The smallest absolute Gasteiger partial charge is 0.257 e. The molecular weight excluding hydrogens is 471 g/mol. The molecule has 2 amide bonds. The second-order valence-electron chi connectivity index (χ2n) is 7.31. The van der Waals surface area contributed by atoms with Crippen molar-refractivity contribution in [2.75, 3.05) is 25.5 Å². The van der Waals surface area contributed by atoms with Crippen LogP contribution in [0.3, 0.4) is 0 Å². The molecule has 0 bridgehead atoms. The molecule has 1 N–H and O–H groups in total. The summed E-state index contributed by atoms with van der Waals surface area (Å²) in [5, 5.41) is 11.4. The van der Waals surface area contributed by atoms with Gasteiger partial charge in [-0.1, -0.05) is 35.3 Å². The number of amides is 2. The zero-order valence-corrected chi connectivity index (χ0v) is 19.5. The predicted molar refractivity (Wildman–Crippen MR) is 126 cm³/mol. The van der Waals surface area contributed by atoms with Gasteiger partial charge in [0.05, 0.1) is 41.1 Å². The molecule has 166 valence electrons. The lowest BCUT2D eigenvalue weighted by Crippen LogP contribution is -2.39. The summed E-state index contributed by atoms with van der Waals surface area (Å²) in [5.74, 6) is 0.105. The summed E-state index contributed by atoms with van der Waals surface area (Å²) in [4.78, 5) is 28.2. The Morgan fingerprint density at radius 2 is 1.97 bits per heavy atom. The Balaban J connectivity index is 1.42. The molecule has 1 unspecified atom stereocenters. The minimum Gasteiger partial charge on any atom is -0.463 e. The minimum atomic E-state index is -0.327. The first-order chi connectivity index (χ1) is 15.4. The van der Waals surface area contributed by atoms with E-state index in [-0.39, 0.29) is 30.9 Å². The largest absolute Gasteiger partial charge is 0.463 e. The van der Waals surface area contributed by atoms with Gasteiger partial charge in [0.1, 0.15) is 11.5 Å². The summed E-state index contributed by atoms with van der Waals surface area (Å²) < 4.78 is 5.47. The lowest BCUT2D eigenvalue weighted by Gasteiger charge is -2.23. The monoisotopic (exact) mass is 490 g/mol. The highest BCUT2D eigenvalue weighted by atomic mass is 35.5. The van der Waals surface area contributed by atoms with Crippen LogP contribution in [0.25, 0.3) is 0 Å². The Bertz CT molecular complexity index is 1110. The Kier molecular flexibility index (Phi) is 6.95. The van der Waals surface area contributed by atoms with Crippen molar-refractivity contribution in [2.45, 2.75) is 12.5 Å². The number of benzene rings is 1. The van der Waals surface area contributed by atoms with Crippen LogP contribution in [-0.2, 0) is 9.59 Å². The number of carbonyl (C=O) groups is 2. The molecule has 1 atom stereocenters. The highest BCUT2D eigenvalue weighted by Gasteiger charge is 2.35. The molecule has 10 heteroatoms. The zero-order valence-electron chi connectivity index (χ0n) is 17.1.